The molecule has 1 aromatic carbocycles. The Morgan fingerprint density at radius 1 is 1.50 bits per heavy atom. The third kappa shape index (κ3) is 4.43. The fourth-order valence-electron chi connectivity index (χ4n) is 1.74. The standard InChI is InChI=1S/C15H15ClFNO3S/c1-9(21-14-3-2-11(17)6-12(14)16)15(20)18-7-13(19)10-4-5-22-8-10/h2-6,8-9,13,19H,7H2,1H3,(H,18,20). The molecule has 0 fully saturated rings. The van der Waals surface area contributed by atoms with Gasteiger partial charge in [0.1, 0.15) is 11.6 Å². The van der Waals surface area contributed by atoms with E-state index in [1.54, 1.807) is 13.0 Å². The predicted octanol–water partition coefficient (Wildman–Crippen LogP) is 3.16. The topological polar surface area (TPSA) is 58.6 Å². The summed E-state index contributed by atoms with van der Waals surface area (Å²) in [6, 6.07) is 5.47. The average molecular weight is 344 g/mol. The predicted molar refractivity (Wildman–Crippen MR) is 83.8 cm³/mol. The summed E-state index contributed by atoms with van der Waals surface area (Å²) in [6.45, 7) is 1.63. The second-order valence-corrected chi connectivity index (χ2v) is 5.84. The number of halogens is 2. The highest BCUT2D eigenvalue weighted by Crippen LogP contribution is 2.25. The van der Waals surface area contributed by atoms with Crippen LogP contribution in [-0.2, 0) is 4.79 Å². The number of nitrogens with one attached hydrogen (secondary N) is 1. The lowest BCUT2D eigenvalue weighted by Gasteiger charge is -2.17. The quantitative estimate of drug-likeness (QED) is 0.847. The van der Waals surface area contributed by atoms with Gasteiger partial charge in [-0.3, -0.25) is 4.79 Å². The van der Waals surface area contributed by atoms with Gasteiger partial charge in [-0.1, -0.05) is 11.6 Å². The summed E-state index contributed by atoms with van der Waals surface area (Å²) < 4.78 is 18.3. The summed E-state index contributed by atoms with van der Waals surface area (Å²) in [4.78, 5) is 11.9. The van der Waals surface area contributed by atoms with E-state index in [2.05, 4.69) is 5.32 Å². The van der Waals surface area contributed by atoms with Crippen LogP contribution in [0.5, 0.6) is 5.75 Å². The Morgan fingerprint density at radius 3 is 2.91 bits per heavy atom. The number of thiophene rings is 1. The van der Waals surface area contributed by atoms with Crippen molar-refractivity contribution < 1.29 is 19.0 Å². The first-order chi connectivity index (χ1) is 10.5. The Balaban J connectivity index is 1.86. The van der Waals surface area contributed by atoms with E-state index in [0.29, 0.717) is 0 Å². The van der Waals surface area contributed by atoms with E-state index in [-0.39, 0.29) is 17.3 Å². The van der Waals surface area contributed by atoms with Crippen molar-refractivity contribution >= 4 is 28.8 Å². The lowest BCUT2D eigenvalue weighted by molar-refractivity contribution is -0.127. The van der Waals surface area contributed by atoms with Gasteiger partial charge in [0, 0.05) is 6.54 Å². The second kappa shape index (κ2) is 7.58. The smallest absolute Gasteiger partial charge is 0.260 e. The van der Waals surface area contributed by atoms with Gasteiger partial charge in [0.2, 0.25) is 0 Å². The Morgan fingerprint density at radius 2 is 2.27 bits per heavy atom. The molecule has 4 nitrogen and oxygen atoms in total. The first-order valence-electron chi connectivity index (χ1n) is 6.57. The van der Waals surface area contributed by atoms with Crippen LogP contribution < -0.4 is 10.1 Å². The third-order valence-corrected chi connectivity index (χ3v) is 3.96. The molecular formula is C15H15ClFNO3S. The SMILES string of the molecule is CC(Oc1ccc(F)cc1Cl)C(=O)NCC(O)c1ccsc1. The molecule has 2 N–H and O–H groups in total. The normalized spacial score (nSPS) is 13.5. The molecule has 2 atom stereocenters. The number of carbonyl (C=O) groups is 1. The molecule has 0 radical (unpaired) electrons. The number of aliphatic hydroxyl groups is 1. The van der Waals surface area contributed by atoms with Crippen LogP contribution in [0.2, 0.25) is 5.02 Å². The molecule has 118 valence electrons. The largest absolute Gasteiger partial charge is 0.479 e. The van der Waals surface area contributed by atoms with Crippen molar-refractivity contribution in [1.82, 2.24) is 5.32 Å². The summed E-state index contributed by atoms with van der Waals surface area (Å²) in [5.41, 5.74) is 0.750. The van der Waals surface area contributed by atoms with Crippen LogP contribution in [0, 0.1) is 5.82 Å². The number of rotatable bonds is 6. The van der Waals surface area contributed by atoms with Crippen molar-refractivity contribution in [3.63, 3.8) is 0 Å². The summed E-state index contributed by atoms with van der Waals surface area (Å²) in [5.74, 6) is -0.646. The molecule has 1 amide bonds. The highest BCUT2D eigenvalue weighted by Gasteiger charge is 2.18. The Kier molecular flexibility index (Phi) is 5.76. The van der Waals surface area contributed by atoms with Crippen LogP contribution in [-0.4, -0.2) is 23.7 Å². The first kappa shape index (κ1) is 16.7. The number of aliphatic hydroxyl groups excluding tert-OH is 1. The summed E-state index contributed by atoms with van der Waals surface area (Å²) in [6.07, 6.45) is -1.59. The molecule has 0 saturated carbocycles. The number of carbonyl (C=O) groups excluding carboxylic acids is 1. The van der Waals surface area contributed by atoms with Gasteiger partial charge in [0.15, 0.2) is 6.10 Å². The zero-order chi connectivity index (χ0) is 16.1. The zero-order valence-electron chi connectivity index (χ0n) is 11.8. The summed E-state index contributed by atoms with van der Waals surface area (Å²) in [5, 5.41) is 16.2. The van der Waals surface area contributed by atoms with Crippen LogP contribution in [0.1, 0.15) is 18.6 Å². The van der Waals surface area contributed by atoms with Crippen molar-refractivity contribution in [1.29, 1.82) is 0 Å². The minimum absolute atomic E-state index is 0.0837. The number of hydrogen-bond donors (Lipinski definition) is 2. The molecule has 2 rings (SSSR count). The van der Waals surface area contributed by atoms with E-state index < -0.39 is 23.9 Å². The average Bonchev–Trinajstić information content (AvgIpc) is 3.01. The van der Waals surface area contributed by atoms with E-state index in [4.69, 9.17) is 16.3 Å². The zero-order valence-corrected chi connectivity index (χ0v) is 13.3. The van der Waals surface area contributed by atoms with Gasteiger partial charge >= 0.3 is 0 Å². The second-order valence-electron chi connectivity index (χ2n) is 4.65. The minimum atomic E-state index is -0.822. The van der Waals surface area contributed by atoms with Crippen molar-refractivity contribution in [2.45, 2.75) is 19.1 Å². The molecule has 22 heavy (non-hydrogen) atoms. The van der Waals surface area contributed by atoms with E-state index in [9.17, 15) is 14.3 Å². The lowest BCUT2D eigenvalue weighted by atomic mass is 10.2. The number of benzene rings is 1. The van der Waals surface area contributed by atoms with Gasteiger partial charge in [-0.2, -0.15) is 11.3 Å². The van der Waals surface area contributed by atoms with Gasteiger partial charge in [-0.05, 0) is 47.5 Å². The molecule has 7 heteroatoms. The van der Waals surface area contributed by atoms with Crippen LogP contribution in [0.3, 0.4) is 0 Å². The molecule has 0 aliphatic rings. The maximum absolute atomic E-state index is 12.9. The fourth-order valence-corrected chi connectivity index (χ4v) is 2.66. The summed E-state index contributed by atoms with van der Waals surface area (Å²) >= 11 is 7.31. The molecule has 0 aliphatic heterocycles. The maximum Gasteiger partial charge on any atom is 0.260 e. The maximum atomic E-state index is 12.9. The van der Waals surface area contributed by atoms with E-state index in [1.165, 1.54) is 23.5 Å². The summed E-state index contributed by atoms with van der Waals surface area (Å²) in [7, 11) is 0. The van der Waals surface area contributed by atoms with Crippen LogP contribution in [0.4, 0.5) is 4.39 Å². The highest BCUT2D eigenvalue weighted by molar-refractivity contribution is 7.07. The molecule has 1 aromatic heterocycles. The molecule has 2 unspecified atom stereocenters. The van der Waals surface area contributed by atoms with Gasteiger partial charge < -0.3 is 15.2 Å². The number of hydrogen-bond acceptors (Lipinski definition) is 4. The Bertz CT molecular complexity index is 636. The van der Waals surface area contributed by atoms with Gasteiger partial charge in [0.25, 0.3) is 5.91 Å². The third-order valence-electron chi connectivity index (χ3n) is 2.96. The van der Waals surface area contributed by atoms with Gasteiger partial charge in [0.05, 0.1) is 11.1 Å². The fraction of sp³-hybridized carbons (Fsp3) is 0.267. The Labute approximate surface area is 136 Å². The lowest BCUT2D eigenvalue weighted by Crippen LogP contribution is -2.38. The van der Waals surface area contributed by atoms with E-state index in [0.717, 1.165) is 11.6 Å². The van der Waals surface area contributed by atoms with Crippen molar-refractivity contribution in [3.8, 4) is 5.75 Å². The minimum Gasteiger partial charge on any atom is -0.479 e. The van der Waals surface area contributed by atoms with Crippen molar-refractivity contribution in [2.75, 3.05) is 6.54 Å². The molecule has 0 saturated heterocycles. The molecule has 0 bridgehead atoms. The first-order valence-corrected chi connectivity index (χ1v) is 7.89. The highest BCUT2D eigenvalue weighted by atomic mass is 35.5. The van der Waals surface area contributed by atoms with Crippen molar-refractivity contribution in [2.24, 2.45) is 0 Å². The van der Waals surface area contributed by atoms with Crippen LogP contribution in [0.25, 0.3) is 0 Å². The van der Waals surface area contributed by atoms with Crippen LogP contribution in [0.15, 0.2) is 35.0 Å². The van der Waals surface area contributed by atoms with E-state index in [1.807, 2.05) is 10.8 Å². The van der Waals surface area contributed by atoms with Gasteiger partial charge in [-0.25, -0.2) is 4.39 Å². The molecular weight excluding hydrogens is 329 g/mol. The Hall–Kier alpha value is -1.63. The van der Waals surface area contributed by atoms with E-state index >= 15 is 0 Å². The van der Waals surface area contributed by atoms with Gasteiger partial charge in [-0.15, -0.1) is 0 Å². The van der Waals surface area contributed by atoms with Crippen molar-refractivity contribution in [3.05, 3.63) is 51.4 Å². The number of ether oxygens (including phenoxy) is 1. The number of amides is 1. The monoisotopic (exact) mass is 343 g/mol. The molecule has 1 heterocycles. The molecule has 0 aliphatic carbocycles. The molecule has 2 aromatic rings. The molecule has 0 spiro atoms. The van der Waals surface area contributed by atoms with Crippen LogP contribution >= 0.6 is 22.9 Å².